The molecule has 0 aliphatic heterocycles. The molecule has 3 aromatic heterocycles. The van der Waals surface area contributed by atoms with Crippen LogP contribution in [0.5, 0.6) is 0 Å². The van der Waals surface area contributed by atoms with Crippen molar-refractivity contribution in [1.29, 1.82) is 0 Å². The third kappa shape index (κ3) is 4.78. The van der Waals surface area contributed by atoms with Gasteiger partial charge in [0.05, 0.1) is 12.0 Å². The molecule has 7 nitrogen and oxygen atoms in total. The Labute approximate surface area is 152 Å². The van der Waals surface area contributed by atoms with Gasteiger partial charge in [-0.1, -0.05) is 6.07 Å². The fourth-order valence-electron chi connectivity index (χ4n) is 2.72. The van der Waals surface area contributed by atoms with Gasteiger partial charge in [-0.25, -0.2) is 9.97 Å². The van der Waals surface area contributed by atoms with Gasteiger partial charge < -0.3 is 10.3 Å². The van der Waals surface area contributed by atoms with E-state index in [1.807, 2.05) is 26.0 Å². The number of pyridine rings is 1. The van der Waals surface area contributed by atoms with Crippen molar-refractivity contribution in [2.75, 3.05) is 11.9 Å². The number of rotatable bonds is 8. The summed E-state index contributed by atoms with van der Waals surface area (Å²) in [5, 5.41) is 3.17. The molecule has 7 heteroatoms. The fourth-order valence-corrected chi connectivity index (χ4v) is 2.72. The predicted octanol–water partition coefficient (Wildman–Crippen LogP) is 2.53. The van der Waals surface area contributed by atoms with E-state index in [9.17, 15) is 4.79 Å². The Morgan fingerprint density at radius 2 is 1.96 bits per heavy atom. The maximum atomic E-state index is 12.2. The summed E-state index contributed by atoms with van der Waals surface area (Å²) in [5.41, 5.74) is 4.72. The molecule has 0 amide bonds. The van der Waals surface area contributed by atoms with Crippen LogP contribution in [0, 0.1) is 13.8 Å². The van der Waals surface area contributed by atoms with Crippen LogP contribution in [0.2, 0.25) is 0 Å². The van der Waals surface area contributed by atoms with E-state index in [2.05, 4.69) is 30.2 Å². The number of aromatic amines is 2. The van der Waals surface area contributed by atoms with Gasteiger partial charge in [-0.05, 0) is 44.7 Å². The molecule has 0 aromatic carbocycles. The van der Waals surface area contributed by atoms with Crippen LogP contribution in [0.1, 0.15) is 41.1 Å². The van der Waals surface area contributed by atoms with Crippen molar-refractivity contribution in [3.63, 3.8) is 0 Å². The molecule has 0 aliphatic carbocycles. The molecule has 136 valence electrons. The second-order valence-corrected chi connectivity index (χ2v) is 6.43. The van der Waals surface area contributed by atoms with E-state index in [1.165, 1.54) is 0 Å². The van der Waals surface area contributed by atoms with Crippen LogP contribution >= 0.6 is 0 Å². The second kappa shape index (κ2) is 8.42. The predicted molar refractivity (Wildman–Crippen MR) is 101 cm³/mol. The van der Waals surface area contributed by atoms with Crippen LogP contribution in [-0.2, 0) is 12.8 Å². The van der Waals surface area contributed by atoms with Crippen LogP contribution in [-0.4, -0.2) is 31.5 Å². The van der Waals surface area contributed by atoms with Crippen LogP contribution < -0.4 is 10.9 Å². The minimum atomic E-state index is -0.116. The Bertz CT molecular complexity index is 897. The number of nitrogens with zero attached hydrogens (tertiary/aromatic N) is 3. The molecule has 0 saturated carbocycles. The van der Waals surface area contributed by atoms with Gasteiger partial charge in [0.2, 0.25) is 5.95 Å². The number of aryl methyl sites for hydroxylation is 3. The Morgan fingerprint density at radius 3 is 2.65 bits per heavy atom. The molecule has 0 spiro atoms. The van der Waals surface area contributed by atoms with Gasteiger partial charge in [0, 0.05) is 42.3 Å². The first-order valence-electron chi connectivity index (χ1n) is 8.84. The lowest BCUT2D eigenvalue weighted by Gasteiger charge is -2.06. The molecule has 0 saturated heterocycles. The summed E-state index contributed by atoms with van der Waals surface area (Å²) in [4.78, 5) is 31.0. The zero-order valence-electron chi connectivity index (χ0n) is 15.2. The first-order valence-corrected chi connectivity index (χ1v) is 8.84. The first-order chi connectivity index (χ1) is 12.6. The largest absolute Gasteiger partial charge is 0.356 e. The fraction of sp³-hybridized carbons (Fsp3) is 0.368. The minimum Gasteiger partial charge on any atom is -0.356 e. The molecule has 3 heterocycles. The number of hydrogen-bond donors (Lipinski definition) is 3. The SMILES string of the molecule is Cc1ccc(Cc2cnc(NCCCCc3nc[nH]c3C)[nH]c2=O)cn1. The van der Waals surface area contributed by atoms with Crippen molar-refractivity contribution < 1.29 is 0 Å². The normalized spacial score (nSPS) is 10.8. The molecule has 0 radical (unpaired) electrons. The van der Waals surface area contributed by atoms with Gasteiger partial charge in [-0.2, -0.15) is 0 Å². The van der Waals surface area contributed by atoms with Crippen LogP contribution in [0.25, 0.3) is 0 Å². The summed E-state index contributed by atoms with van der Waals surface area (Å²) in [6, 6.07) is 3.92. The average molecular weight is 352 g/mol. The molecular formula is C19H24N6O. The summed E-state index contributed by atoms with van der Waals surface area (Å²) < 4.78 is 0. The second-order valence-electron chi connectivity index (χ2n) is 6.43. The molecule has 3 rings (SSSR count). The van der Waals surface area contributed by atoms with Crippen molar-refractivity contribution in [2.24, 2.45) is 0 Å². The highest BCUT2D eigenvalue weighted by Gasteiger charge is 2.05. The van der Waals surface area contributed by atoms with Gasteiger partial charge in [0.1, 0.15) is 0 Å². The van der Waals surface area contributed by atoms with Crippen molar-refractivity contribution in [3.05, 3.63) is 69.4 Å². The maximum absolute atomic E-state index is 12.2. The quantitative estimate of drug-likeness (QED) is 0.541. The van der Waals surface area contributed by atoms with E-state index in [1.54, 1.807) is 18.7 Å². The van der Waals surface area contributed by atoms with Crippen LogP contribution in [0.4, 0.5) is 5.95 Å². The minimum absolute atomic E-state index is 0.116. The van der Waals surface area contributed by atoms with E-state index in [4.69, 9.17) is 0 Å². The molecule has 0 bridgehead atoms. The van der Waals surface area contributed by atoms with E-state index in [0.29, 0.717) is 17.9 Å². The van der Waals surface area contributed by atoms with Gasteiger partial charge >= 0.3 is 0 Å². The number of H-pyrrole nitrogens is 2. The number of hydrogen-bond acceptors (Lipinski definition) is 5. The number of nitrogens with one attached hydrogen (secondary N) is 3. The van der Waals surface area contributed by atoms with E-state index in [-0.39, 0.29) is 5.56 Å². The van der Waals surface area contributed by atoms with Crippen molar-refractivity contribution in [2.45, 2.75) is 39.5 Å². The lowest BCUT2D eigenvalue weighted by Crippen LogP contribution is -2.17. The Kier molecular flexibility index (Phi) is 5.78. The standard InChI is InChI=1S/C19H24N6O/c1-13-6-7-15(10-21-13)9-16-11-22-19(25-18(16)26)20-8-4-3-5-17-14(2)23-12-24-17/h6-7,10-12H,3-5,8-9H2,1-2H3,(H,23,24)(H2,20,22,25,26). The van der Waals surface area contributed by atoms with E-state index >= 15 is 0 Å². The van der Waals surface area contributed by atoms with Crippen molar-refractivity contribution in [1.82, 2.24) is 24.9 Å². The Hall–Kier alpha value is -2.96. The number of anilines is 1. The summed E-state index contributed by atoms with van der Waals surface area (Å²) >= 11 is 0. The molecule has 0 unspecified atom stereocenters. The van der Waals surface area contributed by atoms with Crippen LogP contribution in [0.3, 0.4) is 0 Å². The third-order valence-electron chi connectivity index (χ3n) is 4.31. The van der Waals surface area contributed by atoms with E-state index in [0.717, 1.165) is 48.5 Å². The Morgan fingerprint density at radius 1 is 1.08 bits per heavy atom. The molecule has 26 heavy (non-hydrogen) atoms. The monoisotopic (exact) mass is 352 g/mol. The van der Waals surface area contributed by atoms with Crippen molar-refractivity contribution >= 4 is 5.95 Å². The smallest absolute Gasteiger partial charge is 0.255 e. The molecule has 0 atom stereocenters. The number of imidazole rings is 1. The average Bonchev–Trinajstić information content (AvgIpc) is 3.04. The molecule has 3 aromatic rings. The lowest BCUT2D eigenvalue weighted by molar-refractivity contribution is 0.744. The summed E-state index contributed by atoms with van der Waals surface area (Å²) in [6.07, 6.45) is 8.64. The highest BCUT2D eigenvalue weighted by molar-refractivity contribution is 5.27. The maximum Gasteiger partial charge on any atom is 0.255 e. The first kappa shape index (κ1) is 17.8. The van der Waals surface area contributed by atoms with Gasteiger partial charge in [0.15, 0.2) is 0 Å². The number of unbranched alkanes of at least 4 members (excludes halogenated alkanes) is 1. The highest BCUT2D eigenvalue weighted by Crippen LogP contribution is 2.07. The van der Waals surface area contributed by atoms with Gasteiger partial charge in [0.25, 0.3) is 5.56 Å². The summed E-state index contributed by atoms with van der Waals surface area (Å²) in [7, 11) is 0. The molecule has 0 aliphatic rings. The Balaban J connectivity index is 1.47. The topological polar surface area (TPSA) is 99.4 Å². The third-order valence-corrected chi connectivity index (χ3v) is 4.31. The van der Waals surface area contributed by atoms with Gasteiger partial charge in [-0.3, -0.25) is 14.8 Å². The number of aromatic nitrogens is 5. The van der Waals surface area contributed by atoms with Crippen molar-refractivity contribution in [3.8, 4) is 0 Å². The molecular weight excluding hydrogens is 328 g/mol. The zero-order valence-corrected chi connectivity index (χ0v) is 15.2. The summed E-state index contributed by atoms with van der Waals surface area (Å²) in [6.45, 7) is 4.73. The lowest BCUT2D eigenvalue weighted by atomic mass is 10.1. The molecule has 3 N–H and O–H groups in total. The summed E-state index contributed by atoms with van der Waals surface area (Å²) in [5.74, 6) is 0.511. The highest BCUT2D eigenvalue weighted by atomic mass is 16.1. The van der Waals surface area contributed by atoms with Gasteiger partial charge in [-0.15, -0.1) is 0 Å². The van der Waals surface area contributed by atoms with Crippen LogP contribution in [0.15, 0.2) is 35.6 Å². The molecule has 0 fully saturated rings. The zero-order chi connectivity index (χ0) is 18.4. The van der Waals surface area contributed by atoms with E-state index < -0.39 is 0 Å².